The molecule has 0 aliphatic rings. The van der Waals surface area contributed by atoms with Crippen LogP contribution in [0.4, 0.5) is 0 Å². The van der Waals surface area contributed by atoms with E-state index in [9.17, 15) is 19.0 Å². The Hall–Kier alpha value is -3.07. The van der Waals surface area contributed by atoms with Crippen LogP contribution in [0.2, 0.25) is 0 Å². The third kappa shape index (κ3) is 77.9. The van der Waals surface area contributed by atoms with Gasteiger partial charge in [0.15, 0.2) is 6.10 Å². The zero-order chi connectivity index (χ0) is 67.9. The number of carbonyl (C=O) groups is 2. The van der Waals surface area contributed by atoms with Gasteiger partial charge in [-0.25, -0.2) is 4.57 Å². The third-order valence-electron chi connectivity index (χ3n) is 17.7. The zero-order valence-corrected chi connectivity index (χ0v) is 62.6. The molecule has 0 bridgehead atoms. The second-order valence-corrected chi connectivity index (χ2v) is 28.4. The summed E-state index contributed by atoms with van der Waals surface area (Å²) in [6, 6.07) is 0. The molecule has 3 N–H and O–H groups in total. The number of phosphoric ester groups is 1. The maximum atomic E-state index is 12.8. The summed E-state index contributed by atoms with van der Waals surface area (Å²) < 4.78 is 33.3. The van der Waals surface area contributed by atoms with E-state index in [0.717, 1.165) is 89.9 Å². The first kappa shape index (κ1) is 90.9. The summed E-state index contributed by atoms with van der Waals surface area (Å²) in [7, 11) is -4.40. The van der Waals surface area contributed by atoms with Gasteiger partial charge in [-0.05, 0) is 77.0 Å². The number of allylic oxidation sites excluding steroid dienone is 16. The van der Waals surface area contributed by atoms with Crippen molar-refractivity contribution in [2.24, 2.45) is 5.73 Å². The van der Waals surface area contributed by atoms with E-state index < -0.39 is 26.5 Å². The highest BCUT2D eigenvalue weighted by molar-refractivity contribution is 7.47. The lowest BCUT2D eigenvalue weighted by Crippen LogP contribution is -2.29. The average Bonchev–Trinajstić information content (AvgIpc) is 2.74. The zero-order valence-electron chi connectivity index (χ0n) is 61.7. The van der Waals surface area contributed by atoms with Gasteiger partial charge in [0.25, 0.3) is 0 Å². The number of phosphoric acid groups is 1. The quantitative estimate of drug-likeness (QED) is 0.0264. The number of unbranched alkanes of at least 4 members (excludes halogenated alkanes) is 47. The summed E-state index contributed by atoms with van der Waals surface area (Å²) in [6.45, 7) is 3.69. The van der Waals surface area contributed by atoms with Gasteiger partial charge in [-0.3, -0.25) is 18.6 Å². The normalized spacial score (nSPS) is 13.4. The van der Waals surface area contributed by atoms with E-state index in [1.165, 1.54) is 270 Å². The summed E-state index contributed by atoms with van der Waals surface area (Å²) in [5.74, 6) is -0.812. The smallest absolute Gasteiger partial charge is 0.462 e. The Morgan fingerprint density at radius 3 is 0.872 bits per heavy atom. The second kappa shape index (κ2) is 78.9. The summed E-state index contributed by atoms with van der Waals surface area (Å²) in [5.41, 5.74) is 5.42. The van der Waals surface area contributed by atoms with Crippen LogP contribution in [0, 0.1) is 0 Å². The van der Waals surface area contributed by atoms with Gasteiger partial charge in [0.05, 0.1) is 13.2 Å². The molecule has 0 saturated carbocycles. The largest absolute Gasteiger partial charge is 0.472 e. The lowest BCUT2D eigenvalue weighted by atomic mass is 10.0. The minimum atomic E-state index is -4.40. The molecule has 9 nitrogen and oxygen atoms in total. The Morgan fingerprint density at radius 1 is 0.330 bits per heavy atom. The van der Waals surface area contributed by atoms with Crippen molar-refractivity contribution < 1.29 is 37.6 Å². The van der Waals surface area contributed by atoms with Gasteiger partial charge in [-0.1, -0.05) is 400 Å². The molecule has 2 unspecified atom stereocenters. The molecule has 0 aromatic heterocycles. The van der Waals surface area contributed by atoms with Crippen molar-refractivity contribution >= 4 is 19.8 Å². The molecular formula is C84H152NO8P. The first-order valence-electron chi connectivity index (χ1n) is 40.2. The van der Waals surface area contributed by atoms with Crippen molar-refractivity contribution in [2.75, 3.05) is 26.4 Å². The molecule has 0 fully saturated rings. The molecule has 0 saturated heterocycles. The third-order valence-corrected chi connectivity index (χ3v) is 18.7. The van der Waals surface area contributed by atoms with Gasteiger partial charge < -0.3 is 20.1 Å². The highest BCUT2D eigenvalue weighted by Crippen LogP contribution is 2.43. The Kier molecular flexibility index (Phi) is 76.3. The number of rotatable bonds is 76. The van der Waals surface area contributed by atoms with E-state index in [0.29, 0.717) is 6.42 Å². The van der Waals surface area contributed by atoms with E-state index in [4.69, 9.17) is 24.3 Å². The van der Waals surface area contributed by atoms with Crippen molar-refractivity contribution in [2.45, 2.75) is 399 Å². The number of hydrogen-bond donors (Lipinski definition) is 2. The van der Waals surface area contributed by atoms with Crippen molar-refractivity contribution in [3.8, 4) is 0 Å². The fourth-order valence-corrected chi connectivity index (χ4v) is 12.6. The summed E-state index contributed by atoms with van der Waals surface area (Å²) in [5, 5.41) is 0. The van der Waals surface area contributed by atoms with E-state index in [-0.39, 0.29) is 38.6 Å². The highest BCUT2D eigenvalue weighted by atomic mass is 31.2. The van der Waals surface area contributed by atoms with Gasteiger partial charge in [0.2, 0.25) is 0 Å². The molecule has 0 aromatic rings. The Balaban J connectivity index is 3.81. The molecule has 546 valence electrons. The van der Waals surface area contributed by atoms with Crippen LogP contribution >= 0.6 is 7.82 Å². The first-order chi connectivity index (χ1) is 46.3. The molecule has 0 aromatic carbocycles. The van der Waals surface area contributed by atoms with Gasteiger partial charge >= 0.3 is 19.8 Å². The molecule has 0 amide bonds. The lowest BCUT2D eigenvalue weighted by molar-refractivity contribution is -0.161. The van der Waals surface area contributed by atoms with Crippen molar-refractivity contribution in [3.63, 3.8) is 0 Å². The lowest BCUT2D eigenvalue weighted by Gasteiger charge is -2.19. The fraction of sp³-hybridized carbons (Fsp3) is 0.786. The molecule has 0 aliphatic carbocycles. The molecule has 0 aliphatic heterocycles. The Labute approximate surface area is 582 Å². The van der Waals surface area contributed by atoms with Crippen LogP contribution in [0.1, 0.15) is 393 Å². The number of esters is 2. The Morgan fingerprint density at radius 2 is 0.585 bits per heavy atom. The maximum Gasteiger partial charge on any atom is 0.472 e. The number of hydrogen-bond acceptors (Lipinski definition) is 8. The second-order valence-electron chi connectivity index (χ2n) is 26.9. The van der Waals surface area contributed by atoms with Crippen molar-refractivity contribution in [3.05, 3.63) is 97.2 Å². The molecule has 0 rings (SSSR count). The topological polar surface area (TPSA) is 134 Å². The maximum absolute atomic E-state index is 12.8. The predicted molar refractivity (Wildman–Crippen MR) is 408 cm³/mol. The van der Waals surface area contributed by atoms with Crippen LogP contribution in [-0.2, 0) is 32.7 Å². The summed E-state index contributed by atoms with van der Waals surface area (Å²) in [6.07, 6.45) is 108. The summed E-state index contributed by atoms with van der Waals surface area (Å²) in [4.78, 5) is 35.5. The van der Waals surface area contributed by atoms with E-state index in [1.807, 2.05) is 0 Å². The molecule has 0 spiro atoms. The molecule has 94 heavy (non-hydrogen) atoms. The minimum absolute atomic E-state index is 0.0525. The van der Waals surface area contributed by atoms with Crippen LogP contribution < -0.4 is 5.73 Å². The van der Waals surface area contributed by atoms with Crippen molar-refractivity contribution in [1.82, 2.24) is 0 Å². The van der Waals surface area contributed by atoms with Gasteiger partial charge in [0.1, 0.15) is 6.61 Å². The number of nitrogens with two attached hydrogens (primary N) is 1. The van der Waals surface area contributed by atoms with Crippen LogP contribution in [-0.4, -0.2) is 49.3 Å². The fourth-order valence-electron chi connectivity index (χ4n) is 11.8. The van der Waals surface area contributed by atoms with Crippen molar-refractivity contribution in [1.29, 1.82) is 0 Å². The van der Waals surface area contributed by atoms with E-state index >= 15 is 0 Å². The monoisotopic (exact) mass is 1330 g/mol. The molecule has 10 heteroatoms. The molecular weight excluding hydrogens is 1180 g/mol. The number of carbonyl (C=O) groups excluding carboxylic acids is 2. The highest BCUT2D eigenvalue weighted by Gasteiger charge is 2.26. The molecule has 2 atom stereocenters. The van der Waals surface area contributed by atoms with E-state index in [2.05, 4.69) is 111 Å². The SMILES string of the molecule is CC/C=C\C/C=C\C/C=C\C/C=C\C/C=C\C/C=C\C/C=C\C/C=C\CCCCCCCCCCCCCCCCC(=O)OC(COC(=O)CCCCCCCCCCCCCCCCCCCCCCCCCCCCCCCCCCCC)COP(=O)(O)OCCN. The first-order valence-corrected chi connectivity index (χ1v) is 41.7. The Bertz CT molecular complexity index is 1870. The minimum Gasteiger partial charge on any atom is -0.462 e. The van der Waals surface area contributed by atoms with E-state index in [1.54, 1.807) is 0 Å². The molecule has 0 radical (unpaired) electrons. The standard InChI is InChI=1S/C84H152NO8P/c1-3-5-7-9-11-13-15-17-19-21-23-25-27-29-31-33-35-37-39-40-41-42-43-45-47-49-51-53-55-57-59-61-63-65-67-69-71-73-75-77-84(87)93-82(81-92-94(88,89)91-79-78-85)80-90-83(86)76-74-72-70-68-66-64-62-60-58-56-54-52-50-48-46-44-38-36-34-32-30-28-26-24-22-20-18-16-14-12-10-8-6-4-2/h5,7,11,13,17,19,23,25,29,31,35,37,40-41,43,45,82H,3-4,6,8-10,12,14-16,18,20-22,24,26-28,30,32-34,36,38-39,42,44,46-81,85H2,1-2H3,(H,88,89)/b7-5-,13-11-,19-17-,25-23-,31-29-,37-35-,41-40-,45-43-. The van der Waals surface area contributed by atoms with Crippen LogP contribution in [0.25, 0.3) is 0 Å². The number of ether oxygens (including phenoxy) is 2. The molecule has 0 heterocycles. The predicted octanol–water partition coefficient (Wildman–Crippen LogP) is 27.0. The van der Waals surface area contributed by atoms with Gasteiger partial charge in [0, 0.05) is 19.4 Å². The van der Waals surface area contributed by atoms with Crippen LogP contribution in [0.15, 0.2) is 97.2 Å². The van der Waals surface area contributed by atoms with Gasteiger partial charge in [-0.2, -0.15) is 0 Å². The van der Waals surface area contributed by atoms with Crippen LogP contribution in [0.5, 0.6) is 0 Å². The van der Waals surface area contributed by atoms with Gasteiger partial charge in [-0.15, -0.1) is 0 Å². The average molecular weight is 1340 g/mol. The van der Waals surface area contributed by atoms with Crippen LogP contribution in [0.3, 0.4) is 0 Å². The summed E-state index contributed by atoms with van der Waals surface area (Å²) >= 11 is 0.